The van der Waals surface area contributed by atoms with Crippen LogP contribution >= 0.6 is 11.6 Å². The summed E-state index contributed by atoms with van der Waals surface area (Å²) >= 11 is 6.42. The lowest BCUT2D eigenvalue weighted by Gasteiger charge is -2.37. The van der Waals surface area contributed by atoms with Crippen LogP contribution in [0.4, 0.5) is 5.69 Å². The molecule has 0 amide bonds. The number of morpholine rings is 1. The first-order valence-corrected chi connectivity index (χ1v) is 7.36. The van der Waals surface area contributed by atoms with Crippen LogP contribution < -0.4 is 10.2 Å². The van der Waals surface area contributed by atoms with Crippen molar-refractivity contribution in [2.24, 2.45) is 0 Å². The van der Waals surface area contributed by atoms with E-state index in [-0.39, 0.29) is 6.04 Å². The van der Waals surface area contributed by atoms with Gasteiger partial charge in [0.1, 0.15) is 0 Å². The van der Waals surface area contributed by atoms with Crippen molar-refractivity contribution < 1.29 is 4.74 Å². The number of halogens is 1. The molecule has 0 bridgehead atoms. The van der Waals surface area contributed by atoms with E-state index in [2.05, 4.69) is 42.3 Å². The fourth-order valence-electron chi connectivity index (χ4n) is 2.53. The van der Waals surface area contributed by atoms with E-state index in [4.69, 9.17) is 16.3 Å². The van der Waals surface area contributed by atoms with Gasteiger partial charge in [-0.05, 0) is 38.1 Å². The van der Waals surface area contributed by atoms with E-state index in [0.717, 1.165) is 36.8 Å². The smallest absolute Gasteiger partial charge is 0.0670 e. The normalized spacial score (nSPS) is 21.5. The molecule has 1 saturated heterocycles. The molecule has 1 fully saturated rings. The van der Waals surface area contributed by atoms with Gasteiger partial charge in [0.2, 0.25) is 0 Å². The van der Waals surface area contributed by atoms with Gasteiger partial charge >= 0.3 is 0 Å². The number of hydrogen-bond donors (Lipinski definition) is 1. The van der Waals surface area contributed by atoms with Crippen LogP contribution in [0.1, 0.15) is 31.9 Å². The Bertz CT molecular complexity index is 425. The van der Waals surface area contributed by atoms with Crippen molar-refractivity contribution in [3.63, 3.8) is 0 Å². The Balaban J connectivity index is 2.23. The van der Waals surface area contributed by atoms with Gasteiger partial charge in [0.15, 0.2) is 0 Å². The monoisotopic (exact) mass is 282 g/mol. The first-order chi connectivity index (χ1) is 9.17. The third kappa shape index (κ3) is 3.22. The summed E-state index contributed by atoms with van der Waals surface area (Å²) in [6.07, 6.45) is 1.09. The summed E-state index contributed by atoms with van der Waals surface area (Å²) in [7, 11) is 1.95. The van der Waals surface area contributed by atoms with Gasteiger partial charge in [-0.1, -0.05) is 24.6 Å². The molecule has 1 aromatic rings. The summed E-state index contributed by atoms with van der Waals surface area (Å²) in [5.41, 5.74) is 2.35. The van der Waals surface area contributed by atoms with Crippen LogP contribution in [-0.4, -0.2) is 32.8 Å². The van der Waals surface area contributed by atoms with Crippen molar-refractivity contribution in [1.82, 2.24) is 5.32 Å². The molecule has 106 valence electrons. The maximum atomic E-state index is 6.42. The van der Waals surface area contributed by atoms with Crippen molar-refractivity contribution in [2.75, 3.05) is 31.7 Å². The fraction of sp³-hybridized carbons (Fsp3) is 0.600. The summed E-state index contributed by atoms with van der Waals surface area (Å²) in [5, 5.41) is 4.06. The van der Waals surface area contributed by atoms with E-state index in [9.17, 15) is 0 Å². The first kappa shape index (κ1) is 14.6. The Hall–Kier alpha value is -0.770. The van der Waals surface area contributed by atoms with Crippen LogP contribution in [0, 0.1) is 0 Å². The standard InChI is InChI=1S/C15H23ClN2O/c1-4-12-10-19-8-7-18(12)13-5-6-14(11(2)17-3)15(16)9-13/h5-6,9,11-12,17H,4,7-8,10H2,1-3H3. The van der Waals surface area contributed by atoms with Gasteiger partial charge in [-0.3, -0.25) is 0 Å². The first-order valence-electron chi connectivity index (χ1n) is 6.98. The van der Waals surface area contributed by atoms with Gasteiger partial charge < -0.3 is 15.0 Å². The molecule has 0 radical (unpaired) electrons. The summed E-state index contributed by atoms with van der Waals surface area (Å²) in [6, 6.07) is 7.11. The largest absolute Gasteiger partial charge is 0.377 e. The average molecular weight is 283 g/mol. The van der Waals surface area contributed by atoms with E-state index in [1.165, 1.54) is 5.69 Å². The van der Waals surface area contributed by atoms with Crippen LogP contribution in [0.2, 0.25) is 5.02 Å². The molecule has 4 heteroatoms. The third-order valence-electron chi connectivity index (χ3n) is 3.91. The molecule has 0 aromatic heterocycles. The average Bonchev–Trinajstić information content (AvgIpc) is 2.46. The SMILES string of the molecule is CCC1COCCN1c1ccc(C(C)NC)c(Cl)c1. The number of benzene rings is 1. The number of rotatable bonds is 4. The zero-order valence-corrected chi connectivity index (χ0v) is 12.7. The van der Waals surface area contributed by atoms with Crippen LogP contribution in [-0.2, 0) is 4.74 Å². The topological polar surface area (TPSA) is 24.5 Å². The Labute approximate surface area is 120 Å². The molecular weight excluding hydrogens is 260 g/mol. The highest BCUT2D eigenvalue weighted by atomic mass is 35.5. The molecule has 1 aliphatic heterocycles. The van der Waals surface area contributed by atoms with Crippen molar-refractivity contribution >= 4 is 17.3 Å². The lowest BCUT2D eigenvalue weighted by atomic mass is 10.1. The molecule has 2 unspecified atom stereocenters. The minimum absolute atomic E-state index is 0.271. The summed E-state index contributed by atoms with van der Waals surface area (Å²) < 4.78 is 5.55. The predicted molar refractivity (Wildman–Crippen MR) is 81.2 cm³/mol. The molecule has 1 aromatic carbocycles. The Kier molecular flexibility index (Phi) is 5.08. The molecule has 0 spiro atoms. The van der Waals surface area contributed by atoms with Crippen LogP contribution in [0.3, 0.4) is 0 Å². The van der Waals surface area contributed by atoms with Gasteiger partial charge in [0.05, 0.1) is 19.3 Å². The minimum Gasteiger partial charge on any atom is -0.377 e. The van der Waals surface area contributed by atoms with E-state index in [1.807, 2.05) is 7.05 Å². The molecule has 1 N–H and O–H groups in total. The van der Waals surface area contributed by atoms with E-state index >= 15 is 0 Å². The number of nitrogens with zero attached hydrogens (tertiary/aromatic N) is 1. The van der Waals surface area contributed by atoms with Crippen molar-refractivity contribution in [3.8, 4) is 0 Å². The van der Waals surface area contributed by atoms with Crippen molar-refractivity contribution in [1.29, 1.82) is 0 Å². The second-order valence-corrected chi connectivity index (χ2v) is 5.45. The Morgan fingerprint density at radius 1 is 1.53 bits per heavy atom. The van der Waals surface area contributed by atoms with Crippen LogP contribution in [0.5, 0.6) is 0 Å². The summed E-state index contributed by atoms with van der Waals surface area (Å²) in [4.78, 5) is 2.41. The van der Waals surface area contributed by atoms with Gasteiger partial charge in [0, 0.05) is 23.3 Å². The van der Waals surface area contributed by atoms with Crippen molar-refractivity contribution in [3.05, 3.63) is 28.8 Å². The number of hydrogen-bond acceptors (Lipinski definition) is 3. The number of nitrogens with one attached hydrogen (secondary N) is 1. The molecule has 19 heavy (non-hydrogen) atoms. The third-order valence-corrected chi connectivity index (χ3v) is 4.24. The molecular formula is C15H23ClN2O. The van der Waals surface area contributed by atoms with Crippen LogP contribution in [0.15, 0.2) is 18.2 Å². The zero-order chi connectivity index (χ0) is 13.8. The second-order valence-electron chi connectivity index (χ2n) is 5.05. The van der Waals surface area contributed by atoms with Gasteiger partial charge in [-0.25, -0.2) is 0 Å². The Morgan fingerprint density at radius 2 is 2.32 bits per heavy atom. The van der Waals surface area contributed by atoms with E-state index < -0.39 is 0 Å². The molecule has 0 saturated carbocycles. The van der Waals surface area contributed by atoms with Crippen molar-refractivity contribution in [2.45, 2.75) is 32.4 Å². The number of anilines is 1. The van der Waals surface area contributed by atoms with Gasteiger partial charge in [0.25, 0.3) is 0 Å². The zero-order valence-electron chi connectivity index (χ0n) is 11.9. The van der Waals surface area contributed by atoms with Crippen LogP contribution in [0.25, 0.3) is 0 Å². The lowest BCUT2D eigenvalue weighted by molar-refractivity contribution is 0.0930. The molecule has 1 aliphatic rings. The minimum atomic E-state index is 0.271. The molecule has 1 heterocycles. The summed E-state index contributed by atoms with van der Waals surface area (Å²) in [5.74, 6) is 0. The van der Waals surface area contributed by atoms with E-state index in [0.29, 0.717) is 6.04 Å². The maximum Gasteiger partial charge on any atom is 0.0670 e. The Morgan fingerprint density at radius 3 is 2.95 bits per heavy atom. The highest BCUT2D eigenvalue weighted by Crippen LogP contribution is 2.29. The molecule has 0 aliphatic carbocycles. The lowest BCUT2D eigenvalue weighted by Crippen LogP contribution is -2.45. The highest BCUT2D eigenvalue weighted by molar-refractivity contribution is 6.31. The molecule has 3 nitrogen and oxygen atoms in total. The second kappa shape index (κ2) is 6.60. The van der Waals surface area contributed by atoms with E-state index in [1.54, 1.807) is 0 Å². The molecule has 2 atom stereocenters. The maximum absolute atomic E-state index is 6.42. The predicted octanol–water partition coefficient (Wildman–Crippen LogP) is 3.24. The quantitative estimate of drug-likeness (QED) is 0.918. The fourth-order valence-corrected chi connectivity index (χ4v) is 2.87. The highest BCUT2D eigenvalue weighted by Gasteiger charge is 2.22. The number of ether oxygens (including phenoxy) is 1. The van der Waals surface area contributed by atoms with Gasteiger partial charge in [-0.2, -0.15) is 0 Å². The van der Waals surface area contributed by atoms with Gasteiger partial charge in [-0.15, -0.1) is 0 Å². The summed E-state index contributed by atoms with van der Waals surface area (Å²) in [6.45, 7) is 6.86. The molecule has 2 rings (SSSR count).